The topological polar surface area (TPSA) is 92.8 Å². The highest BCUT2D eigenvalue weighted by Gasteiger charge is 2.30. The molecule has 4 rings (SSSR count). The van der Waals surface area contributed by atoms with E-state index in [-0.39, 0.29) is 11.5 Å². The lowest BCUT2D eigenvalue weighted by atomic mass is 9.95. The predicted molar refractivity (Wildman–Crippen MR) is 145 cm³/mol. The molecule has 7 nitrogen and oxygen atoms in total. The molecular weight excluding hydrogens is 564 g/mol. The van der Waals surface area contributed by atoms with Crippen molar-refractivity contribution in [1.82, 2.24) is 0 Å². The van der Waals surface area contributed by atoms with Crippen molar-refractivity contribution in [3.05, 3.63) is 74.6 Å². The van der Waals surface area contributed by atoms with Crippen molar-refractivity contribution in [3.8, 4) is 0 Å². The summed E-state index contributed by atoms with van der Waals surface area (Å²) in [5.41, 5.74) is 2.60. The lowest BCUT2D eigenvalue weighted by Gasteiger charge is -2.24. The second-order valence-electron chi connectivity index (χ2n) is 8.48. The molecular formula is C26H27BrN2O5S2. The lowest BCUT2D eigenvalue weighted by Crippen LogP contribution is -2.38. The highest BCUT2D eigenvalue weighted by Crippen LogP contribution is 2.38. The summed E-state index contributed by atoms with van der Waals surface area (Å²) < 4.78 is 34.3. The van der Waals surface area contributed by atoms with Crippen LogP contribution in [0.2, 0.25) is 0 Å². The second-order valence-corrected chi connectivity index (χ2v) is 12.4. The van der Waals surface area contributed by atoms with Crippen LogP contribution in [0.4, 0.5) is 10.7 Å². The van der Waals surface area contributed by atoms with E-state index in [1.54, 1.807) is 43.3 Å². The Morgan fingerprint density at radius 2 is 1.72 bits per heavy atom. The molecule has 3 aromatic rings. The van der Waals surface area contributed by atoms with Crippen molar-refractivity contribution in [3.63, 3.8) is 0 Å². The highest BCUT2D eigenvalue weighted by molar-refractivity contribution is 9.10. The van der Waals surface area contributed by atoms with Crippen molar-refractivity contribution in [1.29, 1.82) is 0 Å². The Labute approximate surface area is 223 Å². The Kier molecular flexibility index (Phi) is 8.17. The highest BCUT2D eigenvalue weighted by atomic mass is 79.9. The van der Waals surface area contributed by atoms with Crippen LogP contribution < -0.4 is 9.62 Å². The molecule has 1 N–H and O–H groups in total. The number of carbonyl (C=O) groups excluding carboxylic acids is 2. The maximum absolute atomic E-state index is 13.6. The molecule has 0 radical (unpaired) electrons. The minimum atomic E-state index is -4.04. The monoisotopic (exact) mass is 590 g/mol. The van der Waals surface area contributed by atoms with Crippen LogP contribution in [-0.4, -0.2) is 33.4 Å². The number of esters is 1. The molecule has 0 bridgehead atoms. The molecule has 36 heavy (non-hydrogen) atoms. The number of halogens is 1. The van der Waals surface area contributed by atoms with Gasteiger partial charge in [0.25, 0.3) is 10.0 Å². The van der Waals surface area contributed by atoms with E-state index in [1.165, 1.54) is 23.5 Å². The summed E-state index contributed by atoms with van der Waals surface area (Å²) >= 11 is 4.73. The normalized spacial score (nSPS) is 13.1. The number of thiophene rings is 1. The maximum atomic E-state index is 13.6. The summed E-state index contributed by atoms with van der Waals surface area (Å²) in [6.07, 6.45) is 3.59. The second kappa shape index (κ2) is 11.1. The van der Waals surface area contributed by atoms with Gasteiger partial charge >= 0.3 is 5.97 Å². The SMILES string of the molecule is CCOC(=O)c1c(NC(=O)CN(c2ccc(Br)cc2)S(=O)(=O)c2ccc(C)cc2)sc2c1CCCC2. The van der Waals surface area contributed by atoms with Gasteiger partial charge in [0, 0.05) is 9.35 Å². The van der Waals surface area contributed by atoms with Crippen molar-refractivity contribution in [2.45, 2.75) is 44.4 Å². The maximum Gasteiger partial charge on any atom is 0.341 e. The zero-order valence-electron chi connectivity index (χ0n) is 20.0. The van der Waals surface area contributed by atoms with Crippen molar-refractivity contribution < 1.29 is 22.7 Å². The molecule has 190 valence electrons. The fourth-order valence-electron chi connectivity index (χ4n) is 4.13. The molecule has 1 heterocycles. The Hall–Kier alpha value is -2.69. The van der Waals surface area contributed by atoms with Gasteiger partial charge in [0.1, 0.15) is 11.5 Å². The molecule has 0 atom stereocenters. The molecule has 0 spiro atoms. The first-order valence-corrected chi connectivity index (χ1v) is 14.7. The lowest BCUT2D eigenvalue weighted by molar-refractivity contribution is -0.114. The number of benzene rings is 2. The van der Waals surface area contributed by atoms with Gasteiger partial charge in [-0.05, 0) is 81.5 Å². The zero-order chi connectivity index (χ0) is 25.9. The summed E-state index contributed by atoms with van der Waals surface area (Å²) in [6, 6.07) is 13.2. The number of hydrogen-bond donors (Lipinski definition) is 1. The van der Waals surface area contributed by atoms with Crippen LogP contribution in [0.25, 0.3) is 0 Å². The number of nitrogens with zero attached hydrogens (tertiary/aromatic N) is 1. The third-order valence-electron chi connectivity index (χ3n) is 5.91. The van der Waals surface area contributed by atoms with Gasteiger partial charge in [-0.2, -0.15) is 0 Å². The summed E-state index contributed by atoms with van der Waals surface area (Å²) in [5, 5.41) is 3.23. The zero-order valence-corrected chi connectivity index (χ0v) is 23.3. The van der Waals surface area contributed by atoms with Crippen LogP contribution in [0.3, 0.4) is 0 Å². The van der Waals surface area contributed by atoms with E-state index in [1.807, 2.05) is 6.92 Å². The number of aryl methyl sites for hydroxylation is 2. The van der Waals surface area contributed by atoms with Gasteiger partial charge in [-0.25, -0.2) is 13.2 Å². The van der Waals surface area contributed by atoms with Gasteiger partial charge < -0.3 is 10.1 Å². The third-order valence-corrected chi connectivity index (χ3v) is 9.44. The summed E-state index contributed by atoms with van der Waals surface area (Å²) in [6.45, 7) is 3.38. The Bertz CT molecular complexity index is 1370. The standard InChI is InChI=1S/C26H27BrN2O5S2/c1-3-34-26(31)24-21-6-4-5-7-22(21)35-25(24)28-23(30)16-29(19-12-10-18(27)11-13-19)36(32,33)20-14-8-17(2)9-15-20/h8-15H,3-7,16H2,1-2H3,(H,28,30). The number of sulfonamides is 1. The molecule has 0 saturated carbocycles. The molecule has 0 saturated heterocycles. The van der Waals surface area contributed by atoms with E-state index in [2.05, 4.69) is 21.2 Å². The number of hydrogen-bond acceptors (Lipinski definition) is 6. The molecule has 0 unspecified atom stereocenters. The number of amides is 1. The molecule has 2 aromatic carbocycles. The third kappa shape index (κ3) is 5.66. The fraction of sp³-hybridized carbons (Fsp3) is 0.308. The Morgan fingerprint density at radius 1 is 1.06 bits per heavy atom. The van der Waals surface area contributed by atoms with E-state index in [0.717, 1.165) is 50.5 Å². The van der Waals surface area contributed by atoms with Crippen LogP contribution >= 0.6 is 27.3 Å². The van der Waals surface area contributed by atoms with E-state index < -0.39 is 28.4 Å². The molecule has 1 aliphatic carbocycles. The Morgan fingerprint density at radius 3 is 2.39 bits per heavy atom. The molecule has 0 fully saturated rings. The quantitative estimate of drug-likeness (QED) is 0.339. The van der Waals surface area contributed by atoms with Crippen LogP contribution in [-0.2, 0) is 32.4 Å². The van der Waals surface area contributed by atoms with Gasteiger partial charge in [-0.3, -0.25) is 9.10 Å². The molecule has 1 aliphatic rings. The fourth-order valence-corrected chi connectivity index (χ4v) is 7.11. The van der Waals surface area contributed by atoms with Gasteiger partial charge in [0.2, 0.25) is 5.91 Å². The average molecular weight is 592 g/mol. The molecule has 1 amide bonds. The van der Waals surface area contributed by atoms with E-state index in [4.69, 9.17) is 4.74 Å². The number of rotatable bonds is 8. The van der Waals surface area contributed by atoms with Crippen molar-refractivity contribution >= 4 is 59.9 Å². The van der Waals surface area contributed by atoms with Crippen LogP contribution in [0.1, 0.15) is 46.1 Å². The first-order chi connectivity index (χ1) is 17.2. The summed E-state index contributed by atoms with van der Waals surface area (Å²) in [4.78, 5) is 27.2. The summed E-state index contributed by atoms with van der Waals surface area (Å²) in [7, 11) is -4.04. The van der Waals surface area contributed by atoms with Crippen molar-refractivity contribution in [2.24, 2.45) is 0 Å². The van der Waals surface area contributed by atoms with Crippen LogP contribution in [0.15, 0.2) is 57.9 Å². The predicted octanol–water partition coefficient (Wildman–Crippen LogP) is 5.71. The van der Waals surface area contributed by atoms with Crippen LogP contribution in [0, 0.1) is 6.92 Å². The van der Waals surface area contributed by atoms with Crippen molar-refractivity contribution in [2.75, 3.05) is 22.8 Å². The minimum absolute atomic E-state index is 0.0858. The average Bonchev–Trinajstić information content (AvgIpc) is 3.21. The molecule has 0 aliphatic heterocycles. The van der Waals surface area contributed by atoms with E-state index >= 15 is 0 Å². The minimum Gasteiger partial charge on any atom is -0.462 e. The van der Waals surface area contributed by atoms with E-state index in [0.29, 0.717) is 16.3 Å². The Balaban J connectivity index is 1.67. The summed E-state index contributed by atoms with van der Waals surface area (Å²) in [5.74, 6) is -1.01. The number of carbonyl (C=O) groups is 2. The number of fused-ring (bicyclic) bond motifs is 1. The number of anilines is 2. The van der Waals surface area contributed by atoms with Gasteiger partial charge in [0.05, 0.1) is 22.8 Å². The van der Waals surface area contributed by atoms with E-state index in [9.17, 15) is 18.0 Å². The largest absolute Gasteiger partial charge is 0.462 e. The molecule has 1 aromatic heterocycles. The smallest absolute Gasteiger partial charge is 0.341 e. The first-order valence-electron chi connectivity index (χ1n) is 11.7. The first kappa shape index (κ1) is 26.4. The number of ether oxygens (including phenoxy) is 1. The molecule has 10 heteroatoms. The number of nitrogens with one attached hydrogen (secondary N) is 1. The van der Waals surface area contributed by atoms with Crippen LogP contribution in [0.5, 0.6) is 0 Å². The van der Waals surface area contributed by atoms with Gasteiger partial charge in [0.15, 0.2) is 0 Å². The van der Waals surface area contributed by atoms with Gasteiger partial charge in [-0.1, -0.05) is 33.6 Å². The van der Waals surface area contributed by atoms with Gasteiger partial charge in [-0.15, -0.1) is 11.3 Å².